The second-order valence-electron chi connectivity index (χ2n) is 4.71. The molecule has 2 heteroatoms. The molecule has 0 aliphatic heterocycles. The standard InChI is InChI=1S/C15H25NO/c1-4-5-11-15(17-16(2)3)13-12-14-9-7-6-8-10-14/h6-10,15H,4-5,11-13H2,1-3H3. The molecule has 0 aliphatic rings. The van der Waals surface area contributed by atoms with Crippen LogP contribution in [0.5, 0.6) is 0 Å². The van der Waals surface area contributed by atoms with Crippen LogP contribution in [0.1, 0.15) is 38.2 Å². The van der Waals surface area contributed by atoms with Crippen LogP contribution in [0.3, 0.4) is 0 Å². The van der Waals surface area contributed by atoms with Crippen LogP contribution < -0.4 is 0 Å². The highest BCUT2D eigenvalue weighted by Gasteiger charge is 2.10. The van der Waals surface area contributed by atoms with Crippen LogP contribution in [0.15, 0.2) is 30.3 Å². The minimum absolute atomic E-state index is 0.352. The first kappa shape index (κ1) is 14.2. The Hall–Kier alpha value is -0.860. The number of hydroxylamine groups is 2. The molecule has 0 heterocycles. The Labute approximate surface area is 106 Å². The zero-order valence-electron chi connectivity index (χ0n) is 11.4. The second kappa shape index (κ2) is 8.26. The summed E-state index contributed by atoms with van der Waals surface area (Å²) in [5.41, 5.74) is 1.40. The molecule has 17 heavy (non-hydrogen) atoms. The number of unbranched alkanes of at least 4 members (excludes halogenated alkanes) is 1. The van der Waals surface area contributed by atoms with Crippen LogP contribution in [0.4, 0.5) is 0 Å². The number of hydrogen-bond donors (Lipinski definition) is 0. The van der Waals surface area contributed by atoms with Gasteiger partial charge in [0.1, 0.15) is 0 Å². The number of rotatable bonds is 8. The van der Waals surface area contributed by atoms with Gasteiger partial charge in [-0.1, -0.05) is 50.1 Å². The highest BCUT2D eigenvalue weighted by molar-refractivity contribution is 5.14. The molecule has 0 aliphatic carbocycles. The van der Waals surface area contributed by atoms with Crippen molar-refractivity contribution in [2.24, 2.45) is 0 Å². The first-order valence-corrected chi connectivity index (χ1v) is 6.60. The van der Waals surface area contributed by atoms with Crippen molar-refractivity contribution in [2.75, 3.05) is 14.1 Å². The van der Waals surface area contributed by atoms with Crippen LogP contribution in [-0.4, -0.2) is 25.3 Å². The lowest BCUT2D eigenvalue weighted by Crippen LogP contribution is -2.23. The smallest absolute Gasteiger partial charge is 0.0796 e. The molecular weight excluding hydrogens is 210 g/mol. The number of aryl methyl sites for hydroxylation is 1. The van der Waals surface area contributed by atoms with Gasteiger partial charge in [0.15, 0.2) is 0 Å². The molecule has 2 nitrogen and oxygen atoms in total. The van der Waals surface area contributed by atoms with Crippen molar-refractivity contribution in [1.29, 1.82) is 0 Å². The summed E-state index contributed by atoms with van der Waals surface area (Å²) in [4.78, 5) is 5.81. The van der Waals surface area contributed by atoms with Gasteiger partial charge in [0.2, 0.25) is 0 Å². The zero-order valence-corrected chi connectivity index (χ0v) is 11.4. The van der Waals surface area contributed by atoms with Gasteiger partial charge in [-0.2, -0.15) is 5.06 Å². The van der Waals surface area contributed by atoms with E-state index in [-0.39, 0.29) is 0 Å². The highest BCUT2D eigenvalue weighted by atomic mass is 16.7. The fourth-order valence-electron chi connectivity index (χ4n) is 1.95. The van der Waals surface area contributed by atoms with E-state index in [2.05, 4.69) is 37.3 Å². The predicted molar refractivity (Wildman–Crippen MR) is 72.8 cm³/mol. The maximum Gasteiger partial charge on any atom is 0.0796 e. The molecule has 1 atom stereocenters. The lowest BCUT2D eigenvalue weighted by molar-refractivity contribution is -0.168. The molecule has 0 N–H and O–H groups in total. The van der Waals surface area contributed by atoms with Crippen LogP contribution >= 0.6 is 0 Å². The van der Waals surface area contributed by atoms with E-state index in [1.165, 1.54) is 18.4 Å². The van der Waals surface area contributed by atoms with Gasteiger partial charge in [0.25, 0.3) is 0 Å². The topological polar surface area (TPSA) is 12.5 Å². The van der Waals surface area contributed by atoms with E-state index >= 15 is 0 Å². The molecule has 1 aromatic carbocycles. The number of benzene rings is 1. The largest absolute Gasteiger partial charge is 0.296 e. The first-order chi connectivity index (χ1) is 8.22. The van der Waals surface area contributed by atoms with E-state index in [0.717, 1.165) is 19.3 Å². The third kappa shape index (κ3) is 6.44. The normalized spacial score (nSPS) is 12.9. The van der Waals surface area contributed by atoms with E-state index < -0.39 is 0 Å². The quantitative estimate of drug-likeness (QED) is 0.637. The lowest BCUT2D eigenvalue weighted by atomic mass is 10.0. The average Bonchev–Trinajstić information content (AvgIpc) is 2.33. The minimum atomic E-state index is 0.352. The third-order valence-corrected chi connectivity index (χ3v) is 2.84. The minimum Gasteiger partial charge on any atom is -0.296 e. The second-order valence-corrected chi connectivity index (χ2v) is 4.71. The van der Waals surface area contributed by atoms with E-state index in [1.807, 2.05) is 19.2 Å². The Morgan fingerprint density at radius 1 is 1.12 bits per heavy atom. The van der Waals surface area contributed by atoms with Crippen LogP contribution in [0.25, 0.3) is 0 Å². The summed E-state index contributed by atoms with van der Waals surface area (Å²) in [5.74, 6) is 0. The molecule has 0 spiro atoms. The fourth-order valence-corrected chi connectivity index (χ4v) is 1.95. The Bertz CT molecular complexity index is 284. The zero-order chi connectivity index (χ0) is 12.5. The summed E-state index contributed by atoms with van der Waals surface area (Å²) < 4.78 is 0. The van der Waals surface area contributed by atoms with Crippen LogP contribution in [0.2, 0.25) is 0 Å². The summed E-state index contributed by atoms with van der Waals surface area (Å²) in [6, 6.07) is 10.6. The van der Waals surface area contributed by atoms with E-state index in [0.29, 0.717) is 6.10 Å². The average molecular weight is 235 g/mol. The van der Waals surface area contributed by atoms with Gasteiger partial charge >= 0.3 is 0 Å². The SMILES string of the molecule is CCCCC(CCc1ccccc1)ON(C)C. The van der Waals surface area contributed by atoms with Crippen molar-refractivity contribution in [3.63, 3.8) is 0 Å². The van der Waals surface area contributed by atoms with Crippen molar-refractivity contribution in [3.8, 4) is 0 Å². The monoisotopic (exact) mass is 235 g/mol. The van der Waals surface area contributed by atoms with Crippen molar-refractivity contribution >= 4 is 0 Å². The number of nitrogens with zero attached hydrogens (tertiary/aromatic N) is 1. The lowest BCUT2D eigenvalue weighted by Gasteiger charge is -2.21. The summed E-state index contributed by atoms with van der Waals surface area (Å²) in [6.45, 7) is 2.23. The maximum atomic E-state index is 5.81. The Balaban J connectivity index is 2.37. The number of hydrogen-bond acceptors (Lipinski definition) is 2. The van der Waals surface area contributed by atoms with Crippen molar-refractivity contribution in [2.45, 2.75) is 45.1 Å². The highest BCUT2D eigenvalue weighted by Crippen LogP contribution is 2.13. The molecule has 0 bridgehead atoms. The molecule has 0 saturated carbocycles. The van der Waals surface area contributed by atoms with Crippen LogP contribution in [-0.2, 0) is 11.3 Å². The molecule has 1 rings (SSSR count). The molecule has 1 aromatic rings. The Kier molecular flexibility index (Phi) is 6.90. The van der Waals surface area contributed by atoms with Crippen molar-refractivity contribution < 1.29 is 4.84 Å². The van der Waals surface area contributed by atoms with Gasteiger partial charge in [0, 0.05) is 14.1 Å². The molecule has 0 fully saturated rings. The Morgan fingerprint density at radius 2 is 1.82 bits per heavy atom. The molecule has 0 radical (unpaired) electrons. The predicted octanol–water partition coefficient (Wildman–Crippen LogP) is 3.67. The van der Waals surface area contributed by atoms with Crippen LogP contribution in [0, 0.1) is 0 Å². The molecule has 0 amide bonds. The maximum absolute atomic E-state index is 5.81. The molecule has 0 saturated heterocycles. The third-order valence-electron chi connectivity index (χ3n) is 2.84. The van der Waals surface area contributed by atoms with Gasteiger partial charge in [-0.05, 0) is 24.8 Å². The van der Waals surface area contributed by atoms with Gasteiger partial charge in [-0.3, -0.25) is 4.84 Å². The van der Waals surface area contributed by atoms with Gasteiger partial charge < -0.3 is 0 Å². The van der Waals surface area contributed by atoms with Crippen molar-refractivity contribution in [3.05, 3.63) is 35.9 Å². The molecular formula is C15H25NO. The van der Waals surface area contributed by atoms with Crippen molar-refractivity contribution in [1.82, 2.24) is 5.06 Å². The first-order valence-electron chi connectivity index (χ1n) is 6.60. The molecule has 96 valence electrons. The summed E-state index contributed by atoms with van der Waals surface area (Å²) in [6.07, 6.45) is 6.18. The van der Waals surface area contributed by atoms with E-state index in [9.17, 15) is 0 Å². The summed E-state index contributed by atoms with van der Waals surface area (Å²) in [7, 11) is 3.92. The summed E-state index contributed by atoms with van der Waals surface area (Å²) >= 11 is 0. The molecule has 0 aromatic heterocycles. The molecule has 1 unspecified atom stereocenters. The van der Waals surface area contributed by atoms with E-state index in [4.69, 9.17) is 4.84 Å². The van der Waals surface area contributed by atoms with Gasteiger partial charge in [-0.25, -0.2) is 0 Å². The Morgan fingerprint density at radius 3 is 2.41 bits per heavy atom. The van der Waals surface area contributed by atoms with E-state index in [1.54, 1.807) is 0 Å². The van der Waals surface area contributed by atoms with Gasteiger partial charge in [0.05, 0.1) is 6.10 Å². The summed E-state index contributed by atoms with van der Waals surface area (Å²) in [5, 5.41) is 1.82. The van der Waals surface area contributed by atoms with Gasteiger partial charge in [-0.15, -0.1) is 0 Å². The fraction of sp³-hybridized carbons (Fsp3) is 0.600.